The van der Waals surface area contributed by atoms with Crippen molar-refractivity contribution in [2.24, 2.45) is 0 Å². The summed E-state index contributed by atoms with van der Waals surface area (Å²) in [6.07, 6.45) is 0. The summed E-state index contributed by atoms with van der Waals surface area (Å²) in [5.41, 5.74) is 6.68. The Bertz CT molecular complexity index is 682. The first-order valence-electron chi connectivity index (χ1n) is 5.88. The van der Waals surface area contributed by atoms with Gasteiger partial charge < -0.3 is 11.1 Å². The van der Waals surface area contributed by atoms with E-state index in [9.17, 15) is 9.18 Å². The summed E-state index contributed by atoms with van der Waals surface area (Å²) in [5, 5.41) is 3.31. The average molecular weight is 345 g/mol. The molecule has 7 heteroatoms. The Morgan fingerprint density at radius 1 is 1.24 bits per heavy atom. The van der Waals surface area contributed by atoms with Crippen LogP contribution in [0.2, 0.25) is 10.0 Å². The molecule has 0 atom stereocenters. The molecule has 2 rings (SSSR count). The minimum absolute atomic E-state index is 0.152. The zero-order valence-corrected chi connectivity index (χ0v) is 13.0. The molecule has 0 radical (unpaired) electrons. The highest BCUT2D eigenvalue weighted by molar-refractivity contribution is 8.00. The smallest absolute Gasteiger partial charge is 0.234 e. The van der Waals surface area contributed by atoms with E-state index in [-0.39, 0.29) is 16.7 Å². The molecule has 0 bridgehead atoms. The SMILES string of the molecule is Nc1cc(Cl)ccc1SCC(=O)Nc1ccc(F)cc1Cl. The Balaban J connectivity index is 1.96. The Labute approximate surface area is 135 Å². The summed E-state index contributed by atoms with van der Waals surface area (Å²) in [4.78, 5) is 12.6. The fourth-order valence-corrected chi connectivity index (χ4v) is 2.71. The van der Waals surface area contributed by atoms with Crippen LogP contribution in [0.5, 0.6) is 0 Å². The van der Waals surface area contributed by atoms with Crippen LogP contribution in [0.15, 0.2) is 41.3 Å². The number of halogens is 3. The molecule has 3 N–H and O–H groups in total. The van der Waals surface area contributed by atoms with Gasteiger partial charge in [0, 0.05) is 15.6 Å². The molecule has 21 heavy (non-hydrogen) atoms. The van der Waals surface area contributed by atoms with Crippen LogP contribution in [0.1, 0.15) is 0 Å². The Morgan fingerprint density at radius 2 is 2.00 bits per heavy atom. The lowest BCUT2D eigenvalue weighted by Gasteiger charge is -2.08. The van der Waals surface area contributed by atoms with Gasteiger partial charge in [-0.15, -0.1) is 11.8 Å². The van der Waals surface area contributed by atoms with E-state index in [2.05, 4.69) is 5.32 Å². The lowest BCUT2D eigenvalue weighted by Crippen LogP contribution is -2.14. The monoisotopic (exact) mass is 344 g/mol. The van der Waals surface area contributed by atoms with Crippen LogP contribution in [-0.2, 0) is 4.79 Å². The predicted molar refractivity (Wildman–Crippen MR) is 86.6 cm³/mol. The molecule has 0 aliphatic heterocycles. The summed E-state index contributed by atoms with van der Waals surface area (Å²) < 4.78 is 12.9. The lowest BCUT2D eigenvalue weighted by atomic mass is 10.3. The van der Waals surface area contributed by atoms with Crippen molar-refractivity contribution in [2.45, 2.75) is 4.90 Å². The highest BCUT2D eigenvalue weighted by Gasteiger charge is 2.09. The highest BCUT2D eigenvalue weighted by atomic mass is 35.5. The van der Waals surface area contributed by atoms with Crippen molar-refractivity contribution < 1.29 is 9.18 Å². The third kappa shape index (κ3) is 4.52. The average Bonchev–Trinajstić information content (AvgIpc) is 2.41. The van der Waals surface area contributed by atoms with E-state index in [0.717, 1.165) is 11.0 Å². The van der Waals surface area contributed by atoms with Crippen molar-refractivity contribution in [1.29, 1.82) is 0 Å². The van der Waals surface area contributed by atoms with E-state index in [0.29, 0.717) is 16.4 Å². The number of anilines is 2. The third-order valence-electron chi connectivity index (χ3n) is 2.54. The van der Waals surface area contributed by atoms with Crippen LogP contribution in [-0.4, -0.2) is 11.7 Å². The van der Waals surface area contributed by atoms with Crippen LogP contribution >= 0.6 is 35.0 Å². The van der Waals surface area contributed by atoms with E-state index in [1.807, 2.05) is 0 Å². The first kappa shape index (κ1) is 15.9. The topological polar surface area (TPSA) is 55.1 Å². The van der Waals surface area contributed by atoms with Gasteiger partial charge >= 0.3 is 0 Å². The Kier molecular flexibility index (Phi) is 5.33. The van der Waals surface area contributed by atoms with Crippen molar-refractivity contribution in [3.8, 4) is 0 Å². The van der Waals surface area contributed by atoms with Crippen LogP contribution in [0, 0.1) is 5.82 Å². The molecule has 2 aromatic carbocycles. The van der Waals surface area contributed by atoms with Gasteiger partial charge in [-0.25, -0.2) is 4.39 Å². The molecular formula is C14H11Cl2FN2OS. The van der Waals surface area contributed by atoms with Gasteiger partial charge in [0.25, 0.3) is 0 Å². The number of nitrogens with two attached hydrogens (primary N) is 1. The number of rotatable bonds is 4. The maximum atomic E-state index is 12.9. The van der Waals surface area contributed by atoms with Crippen LogP contribution in [0.4, 0.5) is 15.8 Å². The number of carbonyl (C=O) groups excluding carboxylic acids is 1. The van der Waals surface area contributed by atoms with E-state index >= 15 is 0 Å². The van der Waals surface area contributed by atoms with Gasteiger partial charge in [0.2, 0.25) is 5.91 Å². The van der Waals surface area contributed by atoms with E-state index < -0.39 is 5.82 Å². The predicted octanol–water partition coefficient (Wildman–Crippen LogP) is 4.45. The summed E-state index contributed by atoms with van der Waals surface area (Å²) in [5.74, 6) is -0.566. The van der Waals surface area contributed by atoms with Gasteiger partial charge in [0.15, 0.2) is 0 Å². The van der Waals surface area contributed by atoms with Gasteiger partial charge in [-0.1, -0.05) is 23.2 Å². The molecule has 0 saturated carbocycles. The first-order chi connectivity index (χ1) is 9.95. The highest BCUT2D eigenvalue weighted by Crippen LogP contribution is 2.28. The van der Waals surface area contributed by atoms with Gasteiger partial charge in [-0.3, -0.25) is 4.79 Å². The molecule has 0 heterocycles. The zero-order valence-electron chi connectivity index (χ0n) is 10.7. The van der Waals surface area contributed by atoms with Crippen LogP contribution in [0.25, 0.3) is 0 Å². The van der Waals surface area contributed by atoms with Gasteiger partial charge in [-0.05, 0) is 36.4 Å². The number of thioether (sulfide) groups is 1. The standard InChI is InChI=1S/C14H11Cl2FN2OS/c15-8-1-4-13(11(18)5-8)21-7-14(20)19-12-3-2-9(17)6-10(12)16/h1-6H,7,18H2,(H,19,20). The Hall–Kier alpha value is -1.43. The van der Waals surface area contributed by atoms with Crippen molar-refractivity contribution in [1.82, 2.24) is 0 Å². The number of benzene rings is 2. The normalized spacial score (nSPS) is 10.4. The van der Waals surface area contributed by atoms with Gasteiger partial charge in [0.05, 0.1) is 16.5 Å². The summed E-state index contributed by atoms with van der Waals surface area (Å²) >= 11 is 12.9. The Morgan fingerprint density at radius 3 is 2.67 bits per heavy atom. The fraction of sp³-hybridized carbons (Fsp3) is 0.0714. The van der Waals surface area contributed by atoms with E-state index in [1.54, 1.807) is 18.2 Å². The van der Waals surface area contributed by atoms with Crippen molar-refractivity contribution >= 4 is 52.2 Å². The number of carbonyl (C=O) groups is 1. The molecule has 0 aliphatic rings. The molecule has 2 aromatic rings. The second kappa shape index (κ2) is 7.02. The molecule has 3 nitrogen and oxygen atoms in total. The van der Waals surface area contributed by atoms with Gasteiger partial charge in [0.1, 0.15) is 5.82 Å². The maximum Gasteiger partial charge on any atom is 0.234 e. The fourth-order valence-electron chi connectivity index (χ4n) is 1.57. The number of hydrogen-bond donors (Lipinski definition) is 2. The van der Waals surface area contributed by atoms with Crippen molar-refractivity contribution in [3.63, 3.8) is 0 Å². The number of hydrogen-bond acceptors (Lipinski definition) is 3. The summed E-state index contributed by atoms with van der Waals surface area (Å²) in [6.45, 7) is 0. The van der Waals surface area contributed by atoms with Crippen molar-refractivity contribution in [3.05, 3.63) is 52.3 Å². The third-order valence-corrected chi connectivity index (χ3v) is 4.17. The van der Waals surface area contributed by atoms with Crippen LogP contribution < -0.4 is 11.1 Å². The van der Waals surface area contributed by atoms with Crippen molar-refractivity contribution in [2.75, 3.05) is 16.8 Å². The molecule has 0 aliphatic carbocycles. The summed E-state index contributed by atoms with van der Waals surface area (Å²) in [7, 11) is 0. The van der Waals surface area contributed by atoms with Crippen LogP contribution in [0.3, 0.4) is 0 Å². The molecule has 0 saturated heterocycles. The van der Waals surface area contributed by atoms with E-state index in [4.69, 9.17) is 28.9 Å². The van der Waals surface area contributed by atoms with E-state index in [1.165, 1.54) is 23.9 Å². The molecule has 1 amide bonds. The maximum absolute atomic E-state index is 12.9. The minimum Gasteiger partial charge on any atom is -0.398 e. The first-order valence-corrected chi connectivity index (χ1v) is 7.62. The number of nitrogens with one attached hydrogen (secondary N) is 1. The summed E-state index contributed by atoms with van der Waals surface area (Å²) in [6, 6.07) is 8.86. The molecule has 0 aromatic heterocycles. The molecule has 0 fully saturated rings. The zero-order chi connectivity index (χ0) is 15.4. The molecule has 0 spiro atoms. The second-order valence-corrected chi connectivity index (χ2v) is 6.00. The number of nitrogen functional groups attached to an aromatic ring is 1. The minimum atomic E-state index is -0.457. The molecule has 0 unspecified atom stereocenters. The molecular weight excluding hydrogens is 334 g/mol. The van der Waals surface area contributed by atoms with Gasteiger partial charge in [-0.2, -0.15) is 0 Å². The number of amides is 1. The lowest BCUT2D eigenvalue weighted by molar-refractivity contribution is -0.113. The molecule has 110 valence electrons. The largest absolute Gasteiger partial charge is 0.398 e. The quantitative estimate of drug-likeness (QED) is 0.636. The second-order valence-electron chi connectivity index (χ2n) is 4.14.